The fraction of sp³-hybridized carbons (Fsp3) is 0.452. The Morgan fingerprint density at radius 1 is 0.865 bits per heavy atom. The van der Waals surface area contributed by atoms with Gasteiger partial charge in [0.1, 0.15) is 0 Å². The van der Waals surface area contributed by atoms with Crippen LogP contribution in [0.25, 0.3) is 28.3 Å². The van der Waals surface area contributed by atoms with Crippen LogP contribution < -0.4 is 19.9 Å². The predicted octanol–water partition coefficient (Wildman–Crippen LogP) is 11.7. The number of halogens is 1. The summed E-state index contributed by atoms with van der Waals surface area (Å²) >= 11 is 7.54. The molecule has 1 aliphatic rings. The lowest BCUT2D eigenvalue weighted by Crippen LogP contribution is -2.35. The van der Waals surface area contributed by atoms with E-state index in [2.05, 4.69) is 74.3 Å². The summed E-state index contributed by atoms with van der Waals surface area (Å²) in [6.45, 7) is 4.52. The number of fused-ring (bicyclic) bond motifs is 2. The molecule has 52 heavy (non-hydrogen) atoms. The average Bonchev–Trinajstić information content (AvgIpc) is 3.68. The van der Waals surface area contributed by atoms with E-state index in [4.69, 9.17) is 31.7 Å². The number of hydrogen-bond acceptors (Lipinski definition) is 8. The number of nitrogens with two attached hydrogens (primary N) is 1. The lowest BCUT2D eigenvalue weighted by Gasteiger charge is -2.19. The summed E-state index contributed by atoms with van der Waals surface area (Å²) in [5, 5.41) is 13.0. The van der Waals surface area contributed by atoms with E-state index < -0.39 is 0 Å². The number of aromatic nitrogens is 1. The normalized spacial score (nSPS) is 13.7. The van der Waals surface area contributed by atoms with Crippen LogP contribution in [0.2, 0.25) is 5.02 Å². The first-order valence-electron chi connectivity index (χ1n) is 19.1. The van der Waals surface area contributed by atoms with Crippen molar-refractivity contribution in [1.82, 2.24) is 0 Å². The van der Waals surface area contributed by atoms with Gasteiger partial charge in [0.05, 0.1) is 11.8 Å². The highest BCUT2D eigenvalue weighted by Crippen LogP contribution is 2.41. The molecule has 280 valence electrons. The Bertz CT molecular complexity index is 1730. The number of oxazole rings is 1. The minimum Gasteiger partial charge on any atom is -0.439 e. The number of nitrogens with zero attached hydrogens (tertiary/aromatic N) is 2. The van der Waals surface area contributed by atoms with E-state index in [0.717, 1.165) is 102 Å². The molecule has 1 aromatic heterocycles. The first kappa shape index (κ1) is 39.9. The average molecular weight is 749 g/mol. The number of benzene rings is 3. The van der Waals surface area contributed by atoms with Gasteiger partial charge in [0.15, 0.2) is 12.3 Å². The Hall–Kier alpha value is -3.31. The molecule has 0 bridgehead atoms. The summed E-state index contributed by atoms with van der Waals surface area (Å²) in [5.74, 6) is 3.03. The van der Waals surface area contributed by atoms with Crippen molar-refractivity contribution in [3.05, 3.63) is 95.2 Å². The topological polar surface area (TPSA) is 94.2 Å². The Balaban J connectivity index is 1.28. The molecule has 3 N–H and O–H groups in total. The standard InChI is InChI=1S/C42H54ClN3O5S/c1-2-33(30-42-46(27-18-28-52-51-50-47)37-31-35(21-23-39(37)48-42)34-19-14-13-15-20-34)29-41-45(38-32-36(43)22-24-40(38)49-41)26-17-12-10-8-6-4-3-5-7-9-11-16-25-44/h13-15,19-24,29-32H,2-12,16-18,25-28,44H2,1H3/p+1. The molecule has 2 heterocycles. The van der Waals surface area contributed by atoms with Gasteiger partial charge in [-0.1, -0.05) is 124 Å². The maximum atomic E-state index is 8.55. The third kappa shape index (κ3) is 11.9. The number of rotatable bonds is 24. The molecule has 0 radical (unpaired) electrons. The van der Waals surface area contributed by atoms with Crippen molar-refractivity contribution in [3.63, 3.8) is 0 Å². The second kappa shape index (κ2) is 22.0. The van der Waals surface area contributed by atoms with E-state index in [1.807, 2.05) is 30.3 Å². The molecule has 0 amide bonds. The Morgan fingerprint density at radius 2 is 1.58 bits per heavy atom. The van der Waals surface area contributed by atoms with Crippen LogP contribution in [0.15, 0.2) is 88.7 Å². The summed E-state index contributed by atoms with van der Waals surface area (Å²) in [5.41, 5.74) is 11.8. The van der Waals surface area contributed by atoms with Crippen molar-refractivity contribution < 1.29 is 28.4 Å². The third-order valence-electron chi connectivity index (χ3n) is 9.58. The van der Waals surface area contributed by atoms with Gasteiger partial charge in [-0.3, -0.25) is 0 Å². The second-order valence-electron chi connectivity index (χ2n) is 13.4. The Labute approximate surface area is 318 Å². The van der Waals surface area contributed by atoms with Crippen molar-refractivity contribution in [2.75, 3.05) is 23.7 Å². The van der Waals surface area contributed by atoms with Crippen LogP contribution in [0.3, 0.4) is 0 Å². The van der Waals surface area contributed by atoms with E-state index in [1.54, 1.807) is 0 Å². The molecular weight excluding hydrogens is 694 g/mol. The van der Waals surface area contributed by atoms with Gasteiger partial charge >= 0.3 is 5.89 Å². The molecule has 1 aliphatic heterocycles. The van der Waals surface area contributed by atoms with Crippen LogP contribution >= 0.6 is 23.6 Å². The van der Waals surface area contributed by atoms with Crippen LogP contribution in [0, 0.1) is 0 Å². The smallest absolute Gasteiger partial charge is 0.374 e. The van der Waals surface area contributed by atoms with Gasteiger partial charge in [-0.2, -0.15) is 4.57 Å². The third-order valence-corrected chi connectivity index (χ3v) is 10.4. The number of aryl methyl sites for hydroxylation is 1. The summed E-state index contributed by atoms with van der Waals surface area (Å²) in [7, 11) is 0. The van der Waals surface area contributed by atoms with E-state index >= 15 is 0 Å². The summed E-state index contributed by atoms with van der Waals surface area (Å²) in [4.78, 5) is 2.27. The van der Waals surface area contributed by atoms with Gasteiger partial charge in [0.25, 0.3) is 5.52 Å². The minimum absolute atomic E-state index is 0.631. The lowest BCUT2D eigenvalue weighted by molar-refractivity contribution is -0.677. The molecule has 5 rings (SSSR count). The molecule has 0 unspecified atom stereocenters. The molecule has 0 atom stereocenters. The van der Waals surface area contributed by atoms with Gasteiger partial charge in [-0.15, -0.1) is 4.33 Å². The van der Waals surface area contributed by atoms with Crippen LogP contribution in [-0.4, -0.2) is 24.1 Å². The highest BCUT2D eigenvalue weighted by atomic mass is 35.5. The summed E-state index contributed by atoms with van der Waals surface area (Å²) in [6, 6.07) is 22.5. The number of allylic oxidation sites excluding steroid dienone is 2. The number of anilines is 1. The first-order valence-corrected chi connectivity index (χ1v) is 20.4. The van der Waals surface area contributed by atoms with Gasteiger partial charge < -0.3 is 19.8 Å². The molecule has 3 aromatic carbocycles. The number of ether oxygens (including phenoxy) is 1. The van der Waals surface area contributed by atoms with E-state index in [1.165, 1.54) is 64.2 Å². The van der Waals surface area contributed by atoms with E-state index in [0.29, 0.717) is 17.3 Å². The van der Waals surface area contributed by atoms with Crippen LogP contribution in [0.1, 0.15) is 103 Å². The molecule has 0 spiro atoms. The monoisotopic (exact) mass is 748 g/mol. The van der Waals surface area contributed by atoms with Crippen LogP contribution in [0.5, 0.6) is 5.75 Å². The van der Waals surface area contributed by atoms with E-state index in [9.17, 15) is 0 Å². The quantitative estimate of drug-likeness (QED) is 0.0240. The minimum atomic E-state index is 0.631. The fourth-order valence-electron chi connectivity index (χ4n) is 6.74. The van der Waals surface area contributed by atoms with Crippen molar-refractivity contribution in [1.29, 1.82) is 0 Å². The lowest BCUT2D eigenvalue weighted by atomic mass is 10.0. The van der Waals surface area contributed by atoms with E-state index in [-0.39, 0.29) is 0 Å². The molecule has 0 aliphatic carbocycles. The SMILES string of the molecule is CCC(=Cc1oc2ccc(-c3ccccc3)cc2[n+]1CCCSOOO)C=C1Oc2ccc(Cl)cc2N1CCCCCCCCCCCCCCN. The summed E-state index contributed by atoms with van der Waals surface area (Å²) in [6.07, 6.45) is 21.1. The number of hydrogen-bond donors (Lipinski definition) is 2. The van der Waals surface area contributed by atoms with Gasteiger partial charge in [0, 0.05) is 47.9 Å². The highest BCUT2D eigenvalue weighted by Gasteiger charge is 2.27. The largest absolute Gasteiger partial charge is 0.439 e. The molecule has 0 fully saturated rings. The fourth-order valence-corrected chi connectivity index (χ4v) is 7.27. The van der Waals surface area contributed by atoms with Crippen molar-refractivity contribution in [2.45, 2.75) is 103 Å². The van der Waals surface area contributed by atoms with Crippen LogP contribution in [0.4, 0.5) is 5.69 Å². The summed E-state index contributed by atoms with van der Waals surface area (Å²) < 4.78 is 19.8. The maximum absolute atomic E-state index is 8.55. The number of unbranched alkanes of at least 4 members (excludes halogenated alkanes) is 11. The molecule has 0 saturated carbocycles. The Kier molecular flexibility index (Phi) is 16.9. The predicted molar refractivity (Wildman–Crippen MR) is 214 cm³/mol. The Morgan fingerprint density at radius 3 is 2.27 bits per heavy atom. The molecule has 8 nitrogen and oxygen atoms in total. The van der Waals surface area contributed by atoms with Crippen molar-refractivity contribution >= 4 is 46.5 Å². The molecule has 4 aromatic rings. The van der Waals surface area contributed by atoms with Crippen LogP contribution in [-0.2, 0) is 15.9 Å². The zero-order valence-corrected chi connectivity index (χ0v) is 32.1. The maximum Gasteiger partial charge on any atom is 0.374 e. The highest BCUT2D eigenvalue weighted by molar-refractivity contribution is 7.94. The van der Waals surface area contributed by atoms with Crippen molar-refractivity contribution in [2.24, 2.45) is 5.73 Å². The van der Waals surface area contributed by atoms with Crippen molar-refractivity contribution in [3.8, 4) is 16.9 Å². The second-order valence-corrected chi connectivity index (χ2v) is 14.6. The zero-order valence-electron chi connectivity index (χ0n) is 30.6. The van der Waals surface area contributed by atoms with Gasteiger partial charge in [-0.05, 0) is 66.8 Å². The zero-order chi connectivity index (χ0) is 36.4. The van der Waals surface area contributed by atoms with Gasteiger partial charge in [-0.25, -0.2) is 5.26 Å². The van der Waals surface area contributed by atoms with Gasteiger partial charge in [0.2, 0.25) is 11.5 Å². The first-order chi connectivity index (χ1) is 25.6. The molecule has 10 heteroatoms. The molecule has 0 saturated heterocycles. The molecular formula is C42H55ClN3O5S+.